The van der Waals surface area contributed by atoms with Crippen LogP contribution in [0.15, 0.2) is 217 Å². The van der Waals surface area contributed by atoms with Crippen LogP contribution in [0, 0.1) is 0 Å². The van der Waals surface area contributed by atoms with Gasteiger partial charge in [-0.15, -0.1) is 0 Å². The van der Waals surface area contributed by atoms with E-state index in [1.807, 2.05) is 12.1 Å². The highest BCUT2D eigenvalue weighted by Crippen LogP contribution is 2.43. The lowest BCUT2D eigenvalue weighted by atomic mass is 9.93. The second-order valence-electron chi connectivity index (χ2n) is 14.5. The van der Waals surface area contributed by atoms with Gasteiger partial charge < -0.3 is 9.32 Å². The van der Waals surface area contributed by atoms with Crippen LogP contribution >= 0.6 is 0 Å². The Morgan fingerprint density at radius 1 is 0.286 bits per heavy atom. The minimum atomic E-state index is 0.901. The van der Waals surface area contributed by atoms with Crippen molar-refractivity contribution in [3.05, 3.63) is 212 Å². The predicted molar refractivity (Wildman–Crippen MR) is 237 cm³/mol. The zero-order valence-electron chi connectivity index (χ0n) is 30.6. The molecule has 0 saturated carbocycles. The summed E-state index contributed by atoms with van der Waals surface area (Å²) < 4.78 is 6.25. The molecule has 1 heterocycles. The molecule has 0 aliphatic heterocycles. The molecule has 0 radical (unpaired) electrons. The Kier molecular flexibility index (Phi) is 7.53. The number of rotatable bonds is 6. The van der Waals surface area contributed by atoms with E-state index in [4.69, 9.17) is 4.42 Å². The van der Waals surface area contributed by atoms with E-state index in [2.05, 4.69) is 205 Å². The van der Waals surface area contributed by atoms with E-state index in [9.17, 15) is 0 Å². The van der Waals surface area contributed by atoms with E-state index in [0.717, 1.165) is 50.1 Å². The van der Waals surface area contributed by atoms with Crippen LogP contribution in [0.1, 0.15) is 0 Å². The Balaban J connectivity index is 1.04. The van der Waals surface area contributed by atoms with Gasteiger partial charge in [0.25, 0.3) is 0 Å². The van der Waals surface area contributed by atoms with Gasteiger partial charge in [-0.05, 0) is 121 Å². The van der Waals surface area contributed by atoms with Gasteiger partial charge in [0.1, 0.15) is 11.2 Å². The first-order valence-electron chi connectivity index (χ1n) is 19.2. The van der Waals surface area contributed by atoms with Crippen LogP contribution < -0.4 is 4.90 Å². The number of anilines is 3. The van der Waals surface area contributed by atoms with Crippen molar-refractivity contribution in [3.63, 3.8) is 0 Å². The predicted octanol–water partition coefficient (Wildman–Crippen LogP) is 15.5. The van der Waals surface area contributed by atoms with E-state index >= 15 is 0 Å². The van der Waals surface area contributed by atoms with Gasteiger partial charge in [0, 0.05) is 27.7 Å². The Hall–Kier alpha value is -7.42. The van der Waals surface area contributed by atoms with Gasteiger partial charge in [0.15, 0.2) is 0 Å². The van der Waals surface area contributed by atoms with Crippen LogP contribution in [-0.4, -0.2) is 0 Å². The van der Waals surface area contributed by atoms with Gasteiger partial charge >= 0.3 is 0 Å². The molecule has 0 saturated heterocycles. The molecule has 1 aromatic heterocycles. The minimum Gasteiger partial charge on any atom is -0.456 e. The van der Waals surface area contributed by atoms with Crippen LogP contribution in [0.25, 0.3) is 87.6 Å². The average Bonchev–Trinajstić information content (AvgIpc) is 3.65. The summed E-state index contributed by atoms with van der Waals surface area (Å²) in [5.41, 5.74) is 12.1. The third kappa shape index (κ3) is 5.42. The van der Waals surface area contributed by atoms with Crippen molar-refractivity contribution in [2.45, 2.75) is 0 Å². The Labute approximate surface area is 325 Å². The first-order valence-corrected chi connectivity index (χ1v) is 19.2. The molecule has 262 valence electrons. The van der Waals surface area contributed by atoms with Crippen molar-refractivity contribution in [3.8, 4) is 33.4 Å². The quantitative estimate of drug-likeness (QED) is 0.160. The monoisotopic (exact) mass is 713 g/mol. The van der Waals surface area contributed by atoms with Crippen LogP contribution in [0.5, 0.6) is 0 Å². The van der Waals surface area contributed by atoms with Crippen molar-refractivity contribution in [2.24, 2.45) is 0 Å². The van der Waals surface area contributed by atoms with Gasteiger partial charge in [-0.2, -0.15) is 0 Å². The number of furan rings is 1. The third-order valence-electron chi connectivity index (χ3n) is 11.2. The van der Waals surface area contributed by atoms with Crippen LogP contribution in [-0.2, 0) is 0 Å². The number of para-hydroxylation sites is 2. The SMILES string of the molecule is c1ccc(N(c2ccc(-c3ccc4c(c3)oc3ccccc34)cc2)c2ccc(-c3cc4ccccc4c4ccccc34)cc2)c(-c2ccc3ccccc3c2)c1. The number of fused-ring (bicyclic) bond motifs is 7. The number of hydrogen-bond acceptors (Lipinski definition) is 2. The number of nitrogens with zero attached hydrogens (tertiary/aromatic N) is 1. The molecule has 11 rings (SSSR count). The maximum atomic E-state index is 6.25. The zero-order chi connectivity index (χ0) is 37.0. The molecule has 0 atom stereocenters. The highest BCUT2D eigenvalue weighted by atomic mass is 16.3. The summed E-state index contributed by atoms with van der Waals surface area (Å²) in [6.07, 6.45) is 0. The summed E-state index contributed by atoms with van der Waals surface area (Å²) in [6, 6.07) is 76.6. The molecular weight excluding hydrogens is 679 g/mol. The van der Waals surface area contributed by atoms with Crippen LogP contribution in [0.2, 0.25) is 0 Å². The fraction of sp³-hybridized carbons (Fsp3) is 0. The Bertz CT molecular complexity index is 3250. The van der Waals surface area contributed by atoms with Crippen molar-refractivity contribution < 1.29 is 4.42 Å². The minimum absolute atomic E-state index is 0.901. The molecule has 10 aromatic carbocycles. The lowest BCUT2D eigenvalue weighted by Gasteiger charge is -2.28. The van der Waals surface area contributed by atoms with E-state index < -0.39 is 0 Å². The maximum absolute atomic E-state index is 6.25. The summed E-state index contributed by atoms with van der Waals surface area (Å²) >= 11 is 0. The molecule has 0 fully saturated rings. The Morgan fingerprint density at radius 3 is 1.66 bits per heavy atom. The maximum Gasteiger partial charge on any atom is 0.136 e. The van der Waals surface area contributed by atoms with Crippen molar-refractivity contribution in [2.75, 3.05) is 4.90 Å². The van der Waals surface area contributed by atoms with Gasteiger partial charge in [0.05, 0.1) is 5.69 Å². The molecule has 0 amide bonds. The summed E-state index contributed by atoms with van der Waals surface area (Å²) in [7, 11) is 0. The molecule has 56 heavy (non-hydrogen) atoms. The Morgan fingerprint density at radius 2 is 0.857 bits per heavy atom. The first kappa shape index (κ1) is 32.0. The zero-order valence-corrected chi connectivity index (χ0v) is 30.6. The van der Waals surface area contributed by atoms with Crippen molar-refractivity contribution in [1.82, 2.24) is 0 Å². The lowest BCUT2D eigenvalue weighted by molar-refractivity contribution is 0.669. The molecule has 0 N–H and O–H groups in total. The highest BCUT2D eigenvalue weighted by molar-refractivity contribution is 6.14. The van der Waals surface area contributed by atoms with E-state index in [0.29, 0.717) is 0 Å². The lowest BCUT2D eigenvalue weighted by Crippen LogP contribution is -2.11. The van der Waals surface area contributed by atoms with Gasteiger partial charge in [-0.25, -0.2) is 0 Å². The fourth-order valence-electron chi connectivity index (χ4n) is 8.49. The van der Waals surface area contributed by atoms with Crippen molar-refractivity contribution in [1.29, 1.82) is 0 Å². The highest BCUT2D eigenvalue weighted by Gasteiger charge is 2.19. The molecule has 0 aliphatic rings. The normalized spacial score (nSPS) is 11.6. The summed E-state index contributed by atoms with van der Waals surface area (Å²) in [5.74, 6) is 0. The fourth-order valence-corrected chi connectivity index (χ4v) is 8.49. The van der Waals surface area contributed by atoms with E-state index in [1.54, 1.807) is 0 Å². The summed E-state index contributed by atoms with van der Waals surface area (Å²) in [5, 5.41) is 9.80. The van der Waals surface area contributed by atoms with Gasteiger partial charge in [-0.1, -0.05) is 152 Å². The van der Waals surface area contributed by atoms with Gasteiger partial charge in [0.2, 0.25) is 0 Å². The standard InChI is InChI=1S/C54H35NO/c1-2-12-39-33-42(22-21-36(39)11-1)46-15-7-9-19-52(46)55(43-28-23-37(24-29-43)40-27-32-50-49-18-8-10-20-53(49)56-54(50)35-40)44-30-25-38(26-31-44)51-34-41-13-3-4-14-45(41)47-16-5-6-17-48(47)51/h1-35H. The molecule has 0 unspecified atom stereocenters. The van der Waals surface area contributed by atoms with Crippen molar-refractivity contribution >= 4 is 71.3 Å². The first-order chi connectivity index (χ1) is 27.7. The molecule has 11 aromatic rings. The molecule has 2 nitrogen and oxygen atoms in total. The van der Waals surface area contributed by atoms with Crippen LogP contribution in [0.3, 0.4) is 0 Å². The molecule has 0 bridgehead atoms. The van der Waals surface area contributed by atoms with Gasteiger partial charge in [-0.3, -0.25) is 0 Å². The van der Waals surface area contributed by atoms with E-state index in [-0.39, 0.29) is 0 Å². The van der Waals surface area contributed by atoms with Crippen LogP contribution in [0.4, 0.5) is 17.1 Å². The topological polar surface area (TPSA) is 16.4 Å². The largest absolute Gasteiger partial charge is 0.456 e. The summed E-state index contributed by atoms with van der Waals surface area (Å²) in [6.45, 7) is 0. The summed E-state index contributed by atoms with van der Waals surface area (Å²) in [4.78, 5) is 2.39. The molecular formula is C54H35NO. The number of benzene rings is 10. The molecule has 0 aliphatic carbocycles. The third-order valence-corrected chi connectivity index (χ3v) is 11.2. The average molecular weight is 714 g/mol. The molecule has 2 heteroatoms. The van der Waals surface area contributed by atoms with E-state index in [1.165, 1.54) is 54.6 Å². The molecule has 0 spiro atoms. The smallest absolute Gasteiger partial charge is 0.136 e. The second kappa shape index (κ2) is 13.2. The number of hydrogen-bond donors (Lipinski definition) is 0. The second-order valence-corrected chi connectivity index (χ2v) is 14.5.